The van der Waals surface area contributed by atoms with Gasteiger partial charge in [0.25, 0.3) is 0 Å². The van der Waals surface area contributed by atoms with Crippen molar-refractivity contribution >= 4 is 11.0 Å². The predicted octanol–water partition coefficient (Wildman–Crippen LogP) is 3.95. The maximum Gasteiger partial charge on any atom is 0.182 e. The van der Waals surface area contributed by atoms with Gasteiger partial charge >= 0.3 is 0 Å². The fraction of sp³-hybridized carbons (Fsp3) is 0.0500. The predicted molar refractivity (Wildman–Crippen MR) is 88.7 cm³/mol. The lowest BCUT2D eigenvalue weighted by Gasteiger charge is -2.17. The number of hydrogen-bond donors (Lipinski definition) is 0. The quantitative estimate of drug-likeness (QED) is 0.500. The standard InChI is InChI=1S/C20H14O3/c1-12-4-2-3-5-15(12)20-16-8-6-13(21)10-18(16)23-19-11-14(22)7-9-17(19)20/h2-11,21H,1H3/p-1. The lowest BCUT2D eigenvalue weighted by molar-refractivity contribution is -0.268. The molecule has 2 aromatic rings. The molecule has 0 N–H and O–H groups in total. The third-order valence-corrected chi connectivity index (χ3v) is 4.08. The van der Waals surface area contributed by atoms with Crippen LogP contribution in [0.4, 0.5) is 0 Å². The van der Waals surface area contributed by atoms with Crippen LogP contribution in [0.25, 0.3) is 33.4 Å². The van der Waals surface area contributed by atoms with E-state index in [2.05, 4.69) is 0 Å². The van der Waals surface area contributed by atoms with E-state index >= 15 is 0 Å². The third-order valence-electron chi connectivity index (χ3n) is 4.08. The van der Waals surface area contributed by atoms with Gasteiger partial charge in [-0.25, -0.2) is 0 Å². The molecule has 2 aliphatic rings. The van der Waals surface area contributed by atoms with Gasteiger partial charge in [-0.15, -0.1) is 5.75 Å². The second kappa shape index (κ2) is 4.99. The van der Waals surface area contributed by atoms with Crippen molar-refractivity contribution in [2.24, 2.45) is 0 Å². The first kappa shape index (κ1) is 13.6. The smallest absolute Gasteiger partial charge is 0.182 e. The van der Waals surface area contributed by atoms with Crippen LogP contribution in [0.2, 0.25) is 0 Å². The summed E-state index contributed by atoms with van der Waals surface area (Å²) in [5.41, 5.74) is 4.42. The molecular formula is C20H13O3-. The summed E-state index contributed by atoms with van der Waals surface area (Å²) in [5, 5.41) is 12.5. The van der Waals surface area contributed by atoms with Crippen LogP contribution < -0.4 is 10.5 Å². The number of aryl methyl sites for hydroxylation is 1. The average molecular weight is 301 g/mol. The van der Waals surface area contributed by atoms with E-state index in [1.165, 1.54) is 24.3 Å². The Morgan fingerprint density at radius 1 is 0.913 bits per heavy atom. The van der Waals surface area contributed by atoms with Gasteiger partial charge in [0.15, 0.2) is 5.43 Å². The molecular weight excluding hydrogens is 288 g/mol. The SMILES string of the molecule is Cc1ccccc1-c1c2ccc(=O)cc-2oc2cc([O-])ccc12. The fourth-order valence-corrected chi connectivity index (χ4v) is 2.99. The monoisotopic (exact) mass is 301 g/mol. The summed E-state index contributed by atoms with van der Waals surface area (Å²) in [4.78, 5) is 11.7. The van der Waals surface area contributed by atoms with E-state index in [0.29, 0.717) is 11.3 Å². The fourth-order valence-electron chi connectivity index (χ4n) is 2.99. The van der Waals surface area contributed by atoms with Crippen molar-refractivity contribution in [2.75, 3.05) is 0 Å². The molecule has 0 bridgehead atoms. The van der Waals surface area contributed by atoms with Gasteiger partial charge in [-0.1, -0.05) is 36.4 Å². The first-order chi connectivity index (χ1) is 11.1. The van der Waals surface area contributed by atoms with Crippen molar-refractivity contribution in [3.8, 4) is 28.2 Å². The van der Waals surface area contributed by atoms with Crippen LogP contribution in [0.3, 0.4) is 0 Å². The van der Waals surface area contributed by atoms with Gasteiger partial charge in [-0.3, -0.25) is 4.79 Å². The van der Waals surface area contributed by atoms with Crippen molar-refractivity contribution in [3.63, 3.8) is 0 Å². The molecule has 23 heavy (non-hydrogen) atoms. The van der Waals surface area contributed by atoms with Crippen LogP contribution in [-0.2, 0) is 0 Å². The van der Waals surface area contributed by atoms with Crippen LogP contribution in [0.5, 0.6) is 5.75 Å². The summed E-state index contributed by atoms with van der Waals surface area (Å²) in [5.74, 6) is 0.378. The summed E-state index contributed by atoms with van der Waals surface area (Å²) in [7, 11) is 0. The average Bonchev–Trinajstić information content (AvgIpc) is 2.53. The molecule has 112 valence electrons. The highest BCUT2D eigenvalue weighted by molar-refractivity contribution is 6.02. The molecule has 0 spiro atoms. The molecule has 2 aromatic carbocycles. The van der Waals surface area contributed by atoms with Gasteiger partial charge in [0.05, 0.1) is 0 Å². The van der Waals surface area contributed by atoms with Gasteiger partial charge in [-0.2, -0.15) is 0 Å². The molecule has 0 unspecified atom stereocenters. The summed E-state index contributed by atoms with van der Waals surface area (Å²) in [6, 6.07) is 17.6. The van der Waals surface area contributed by atoms with Crippen molar-refractivity contribution in [3.05, 3.63) is 76.5 Å². The largest absolute Gasteiger partial charge is 0.872 e. The van der Waals surface area contributed by atoms with Crippen molar-refractivity contribution < 1.29 is 9.52 Å². The lowest BCUT2D eigenvalue weighted by Crippen LogP contribution is -2.00. The molecule has 0 radical (unpaired) electrons. The van der Waals surface area contributed by atoms with Crippen LogP contribution in [0.1, 0.15) is 5.56 Å². The van der Waals surface area contributed by atoms with E-state index in [9.17, 15) is 9.90 Å². The lowest BCUT2D eigenvalue weighted by atomic mass is 9.91. The van der Waals surface area contributed by atoms with Crippen LogP contribution in [0, 0.1) is 6.92 Å². The molecule has 0 amide bonds. The van der Waals surface area contributed by atoms with E-state index in [1.807, 2.05) is 31.2 Å². The maximum atomic E-state index is 11.7. The van der Waals surface area contributed by atoms with E-state index < -0.39 is 0 Å². The Kier molecular flexibility index (Phi) is 2.95. The van der Waals surface area contributed by atoms with Crippen molar-refractivity contribution in [1.29, 1.82) is 0 Å². The van der Waals surface area contributed by atoms with Crippen LogP contribution in [-0.4, -0.2) is 0 Å². The zero-order valence-electron chi connectivity index (χ0n) is 12.5. The highest BCUT2D eigenvalue weighted by atomic mass is 16.3. The van der Waals surface area contributed by atoms with Crippen molar-refractivity contribution in [2.45, 2.75) is 6.92 Å². The molecule has 0 atom stereocenters. The number of fused-ring (bicyclic) bond motifs is 2. The Hall–Kier alpha value is -3.07. The van der Waals surface area contributed by atoms with Crippen molar-refractivity contribution in [1.82, 2.24) is 0 Å². The summed E-state index contributed by atoms with van der Waals surface area (Å²) in [6.07, 6.45) is 0. The zero-order valence-corrected chi connectivity index (χ0v) is 12.5. The minimum Gasteiger partial charge on any atom is -0.872 e. The number of benzene rings is 3. The summed E-state index contributed by atoms with van der Waals surface area (Å²) < 4.78 is 5.81. The Morgan fingerprint density at radius 3 is 2.57 bits per heavy atom. The van der Waals surface area contributed by atoms with Gasteiger partial charge in [0.1, 0.15) is 11.3 Å². The molecule has 1 aliphatic heterocycles. The molecule has 0 aromatic heterocycles. The first-order valence-electron chi connectivity index (χ1n) is 7.37. The molecule has 3 heteroatoms. The zero-order chi connectivity index (χ0) is 16.0. The number of rotatable bonds is 1. The normalized spacial score (nSPS) is 11.2. The molecule has 1 aliphatic carbocycles. The van der Waals surface area contributed by atoms with Crippen LogP contribution in [0.15, 0.2) is 69.9 Å². The van der Waals surface area contributed by atoms with E-state index in [4.69, 9.17) is 4.42 Å². The molecule has 4 rings (SSSR count). The second-order valence-electron chi connectivity index (χ2n) is 5.61. The minimum atomic E-state index is -0.116. The first-order valence-corrected chi connectivity index (χ1v) is 7.37. The summed E-state index contributed by atoms with van der Waals surface area (Å²) >= 11 is 0. The van der Waals surface area contributed by atoms with Gasteiger partial charge in [0.2, 0.25) is 0 Å². The Labute approximate surface area is 132 Å². The van der Waals surface area contributed by atoms with E-state index in [0.717, 1.165) is 27.6 Å². The third kappa shape index (κ3) is 2.18. The Balaban J connectivity index is 2.23. The van der Waals surface area contributed by atoms with E-state index in [1.54, 1.807) is 12.1 Å². The minimum absolute atomic E-state index is 0.116. The second-order valence-corrected chi connectivity index (χ2v) is 5.61. The van der Waals surface area contributed by atoms with Gasteiger partial charge < -0.3 is 9.52 Å². The molecule has 0 fully saturated rings. The highest BCUT2D eigenvalue weighted by Gasteiger charge is 2.17. The van der Waals surface area contributed by atoms with Gasteiger partial charge in [-0.05, 0) is 36.2 Å². The van der Waals surface area contributed by atoms with E-state index in [-0.39, 0.29) is 11.2 Å². The summed E-state index contributed by atoms with van der Waals surface area (Å²) in [6.45, 7) is 2.04. The van der Waals surface area contributed by atoms with Crippen LogP contribution >= 0.6 is 0 Å². The molecule has 1 heterocycles. The molecule has 0 saturated carbocycles. The maximum absolute atomic E-state index is 11.7. The Morgan fingerprint density at radius 2 is 1.74 bits per heavy atom. The highest BCUT2D eigenvalue weighted by Crippen LogP contribution is 2.41. The topological polar surface area (TPSA) is 53.3 Å². The van der Waals surface area contributed by atoms with Gasteiger partial charge in [0, 0.05) is 22.6 Å². The molecule has 3 nitrogen and oxygen atoms in total. The molecule has 0 saturated heterocycles. The number of hydrogen-bond acceptors (Lipinski definition) is 3. The Bertz CT molecular complexity index is 1060.